The first kappa shape index (κ1) is 16.4. The minimum atomic E-state index is -0.575. The van der Waals surface area contributed by atoms with Crippen LogP contribution >= 0.6 is 0 Å². The van der Waals surface area contributed by atoms with Crippen LogP contribution in [0.2, 0.25) is 0 Å². The van der Waals surface area contributed by atoms with Gasteiger partial charge in [-0.2, -0.15) is 0 Å². The van der Waals surface area contributed by atoms with Crippen LogP contribution in [0.3, 0.4) is 0 Å². The van der Waals surface area contributed by atoms with E-state index in [-0.39, 0.29) is 11.3 Å². The Morgan fingerprint density at radius 2 is 1.54 bits per heavy atom. The van der Waals surface area contributed by atoms with Gasteiger partial charge in [0.05, 0.1) is 0 Å². The van der Waals surface area contributed by atoms with E-state index in [0.29, 0.717) is 5.58 Å². The van der Waals surface area contributed by atoms with E-state index in [9.17, 15) is 9.59 Å². The highest BCUT2D eigenvalue weighted by atomic mass is 16.4. The van der Waals surface area contributed by atoms with Crippen LogP contribution in [0.25, 0.3) is 11.0 Å². The van der Waals surface area contributed by atoms with E-state index in [2.05, 4.69) is 34.1 Å². The van der Waals surface area contributed by atoms with Crippen LogP contribution in [-0.2, 0) is 0 Å². The molecule has 0 bridgehead atoms. The number of carbonyl (C=O) groups excluding carboxylic acids is 1. The number of ketones is 1. The molecule has 2 aromatic carbocycles. The summed E-state index contributed by atoms with van der Waals surface area (Å²) < 4.78 is 5.27. The summed E-state index contributed by atoms with van der Waals surface area (Å²) in [5.41, 5.74) is 2.36. The fraction of sp³-hybridized carbons (Fsp3) is 0.238. The topological polar surface area (TPSA) is 53.8 Å². The van der Waals surface area contributed by atoms with Crippen LogP contribution in [0, 0.1) is 0 Å². The van der Waals surface area contributed by atoms with E-state index in [1.165, 1.54) is 12.6 Å². The van der Waals surface area contributed by atoms with Crippen molar-refractivity contribution in [2.75, 3.05) is 36.0 Å². The largest absolute Gasteiger partial charge is 0.422 e. The highest BCUT2D eigenvalue weighted by Crippen LogP contribution is 2.24. The summed E-state index contributed by atoms with van der Waals surface area (Å²) in [5, 5.41) is 0.776. The fourth-order valence-electron chi connectivity index (χ4n) is 3.41. The second kappa shape index (κ2) is 6.67. The average Bonchev–Trinajstić information content (AvgIpc) is 2.68. The number of rotatable bonds is 3. The predicted octanol–water partition coefficient (Wildman–Crippen LogP) is 3.32. The summed E-state index contributed by atoms with van der Waals surface area (Å²) in [6, 6.07) is 17.8. The first-order chi connectivity index (χ1) is 12.6. The second-order valence-corrected chi connectivity index (χ2v) is 6.54. The number of hydrogen-bond acceptors (Lipinski definition) is 5. The second-order valence-electron chi connectivity index (χ2n) is 6.54. The van der Waals surface area contributed by atoms with Gasteiger partial charge in [0.25, 0.3) is 0 Å². The van der Waals surface area contributed by atoms with Crippen LogP contribution in [-0.4, -0.2) is 32.0 Å². The van der Waals surface area contributed by atoms with Crippen molar-refractivity contribution in [2.24, 2.45) is 0 Å². The van der Waals surface area contributed by atoms with Crippen LogP contribution < -0.4 is 15.4 Å². The zero-order valence-electron chi connectivity index (χ0n) is 14.6. The minimum absolute atomic E-state index is 0.101. The lowest BCUT2D eigenvalue weighted by Crippen LogP contribution is -2.46. The maximum Gasteiger partial charge on any atom is 0.347 e. The van der Waals surface area contributed by atoms with Crippen molar-refractivity contribution in [1.82, 2.24) is 0 Å². The molecule has 3 aromatic rings. The third kappa shape index (κ3) is 3.08. The number of hydrogen-bond donors (Lipinski definition) is 0. The number of piperazine rings is 1. The fourth-order valence-corrected chi connectivity index (χ4v) is 3.41. The molecule has 1 saturated heterocycles. The van der Waals surface area contributed by atoms with Crippen LogP contribution in [0.15, 0.2) is 63.8 Å². The lowest BCUT2D eigenvalue weighted by Gasteiger charge is -2.37. The normalized spacial score (nSPS) is 14.7. The van der Waals surface area contributed by atoms with E-state index in [4.69, 9.17) is 4.42 Å². The van der Waals surface area contributed by atoms with Gasteiger partial charge < -0.3 is 14.2 Å². The van der Waals surface area contributed by atoms with Gasteiger partial charge in [-0.1, -0.05) is 18.2 Å². The summed E-state index contributed by atoms with van der Waals surface area (Å²) in [6.07, 6.45) is 0. The van der Waals surface area contributed by atoms with Gasteiger partial charge in [0.1, 0.15) is 11.1 Å². The Morgan fingerprint density at radius 3 is 2.19 bits per heavy atom. The van der Waals surface area contributed by atoms with Gasteiger partial charge in [-0.3, -0.25) is 4.79 Å². The number of carbonyl (C=O) groups is 1. The van der Waals surface area contributed by atoms with Gasteiger partial charge in [-0.15, -0.1) is 0 Å². The molecule has 0 aliphatic carbocycles. The number of para-hydroxylation sites is 1. The molecular formula is C21H20N2O3. The molecule has 1 aromatic heterocycles. The third-order valence-electron chi connectivity index (χ3n) is 4.86. The molecule has 0 saturated carbocycles. The van der Waals surface area contributed by atoms with Crippen LogP contribution in [0.4, 0.5) is 11.4 Å². The number of Topliss-reactive ketones (excluding diaryl/α,β-unsaturated/α-hetero) is 1. The van der Waals surface area contributed by atoms with Gasteiger partial charge in [0.15, 0.2) is 5.78 Å². The van der Waals surface area contributed by atoms with Crippen molar-refractivity contribution in [2.45, 2.75) is 6.92 Å². The average molecular weight is 348 g/mol. The quantitative estimate of drug-likeness (QED) is 0.537. The smallest absolute Gasteiger partial charge is 0.347 e. The molecule has 4 rings (SSSR count). The minimum Gasteiger partial charge on any atom is -0.422 e. The van der Waals surface area contributed by atoms with E-state index in [1.807, 2.05) is 18.2 Å². The summed E-state index contributed by atoms with van der Waals surface area (Å²) in [6.45, 7) is 5.10. The SMILES string of the molecule is CC(=O)c1cc2cc(N3CCN(c4ccccc4)CC3)ccc2oc1=O. The molecule has 0 radical (unpaired) electrons. The Bertz CT molecular complexity index is 1000. The van der Waals surface area contributed by atoms with Crippen molar-refractivity contribution >= 4 is 28.1 Å². The van der Waals surface area contributed by atoms with Crippen molar-refractivity contribution < 1.29 is 9.21 Å². The van der Waals surface area contributed by atoms with E-state index in [0.717, 1.165) is 37.3 Å². The molecule has 0 atom stereocenters. The molecule has 0 unspecified atom stereocenters. The Labute approximate surface area is 151 Å². The summed E-state index contributed by atoms with van der Waals surface area (Å²) in [4.78, 5) is 28.1. The Hall–Kier alpha value is -3.08. The van der Waals surface area contributed by atoms with Crippen LogP contribution in [0.1, 0.15) is 17.3 Å². The standard InChI is InChI=1S/C21H20N2O3/c1-15(24)19-14-16-13-18(7-8-20(16)26-21(19)25)23-11-9-22(10-12-23)17-5-3-2-4-6-17/h2-8,13-14H,9-12H2,1H3. The molecule has 1 fully saturated rings. The van der Waals surface area contributed by atoms with Gasteiger partial charge >= 0.3 is 5.63 Å². The maximum atomic E-state index is 11.8. The monoisotopic (exact) mass is 348 g/mol. The van der Waals surface area contributed by atoms with Crippen molar-refractivity contribution in [1.29, 1.82) is 0 Å². The van der Waals surface area contributed by atoms with Crippen molar-refractivity contribution in [3.8, 4) is 0 Å². The van der Waals surface area contributed by atoms with E-state index >= 15 is 0 Å². The molecule has 2 heterocycles. The van der Waals surface area contributed by atoms with Gasteiger partial charge in [0.2, 0.25) is 0 Å². The third-order valence-corrected chi connectivity index (χ3v) is 4.86. The molecule has 0 N–H and O–H groups in total. The highest BCUT2D eigenvalue weighted by Gasteiger charge is 2.18. The number of anilines is 2. The highest BCUT2D eigenvalue weighted by molar-refractivity contribution is 5.96. The Morgan fingerprint density at radius 1 is 0.885 bits per heavy atom. The predicted molar refractivity (Wildman–Crippen MR) is 103 cm³/mol. The molecule has 26 heavy (non-hydrogen) atoms. The summed E-state index contributed by atoms with van der Waals surface area (Å²) in [7, 11) is 0. The number of fused-ring (bicyclic) bond motifs is 1. The zero-order chi connectivity index (χ0) is 18.1. The first-order valence-electron chi connectivity index (χ1n) is 8.75. The maximum absolute atomic E-state index is 11.8. The molecular weight excluding hydrogens is 328 g/mol. The summed E-state index contributed by atoms with van der Waals surface area (Å²) >= 11 is 0. The number of nitrogens with zero attached hydrogens (tertiary/aromatic N) is 2. The van der Waals surface area contributed by atoms with E-state index < -0.39 is 5.63 Å². The lowest BCUT2D eigenvalue weighted by atomic mass is 10.1. The molecule has 5 nitrogen and oxygen atoms in total. The summed E-state index contributed by atoms with van der Waals surface area (Å²) in [5.74, 6) is -0.275. The van der Waals surface area contributed by atoms with Gasteiger partial charge in [0, 0.05) is 42.9 Å². The number of benzene rings is 2. The van der Waals surface area contributed by atoms with E-state index in [1.54, 1.807) is 12.1 Å². The molecule has 0 spiro atoms. The first-order valence-corrected chi connectivity index (χ1v) is 8.75. The molecule has 1 aliphatic heterocycles. The Kier molecular flexibility index (Phi) is 4.21. The molecule has 5 heteroatoms. The molecule has 1 aliphatic rings. The Balaban J connectivity index is 1.57. The zero-order valence-corrected chi connectivity index (χ0v) is 14.6. The van der Waals surface area contributed by atoms with Crippen molar-refractivity contribution in [3.63, 3.8) is 0 Å². The lowest BCUT2D eigenvalue weighted by molar-refractivity contribution is 0.101. The van der Waals surface area contributed by atoms with Gasteiger partial charge in [-0.05, 0) is 43.3 Å². The molecule has 0 amide bonds. The van der Waals surface area contributed by atoms with Gasteiger partial charge in [-0.25, -0.2) is 4.79 Å². The van der Waals surface area contributed by atoms with Crippen LogP contribution in [0.5, 0.6) is 0 Å². The molecule has 132 valence electrons. The van der Waals surface area contributed by atoms with Crippen molar-refractivity contribution in [3.05, 3.63) is 70.6 Å².